The summed E-state index contributed by atoms with van der Waals surface area (Å²) in [5.74, 6) is 2.16. The second kappa shape index (κ2) is 7.15. The van der Waals surface area contributed by atoms with Gasteiger partial charge in [0.25, 0.3) is 0 Å². The van der Waals surface area contributed by atoms with E-state index in [9.17, 15) is 0 Å². The molecule has 0 N–H and O–H groups in total. The van der Waals surface area contributed by atoms with Gasteiger partial charge in [0, 0.05) is 11.8 Å². The molecular formula is C24H40O3. The van der Waals surface area contributed by atoms with Gasteiger partial charge in [0.1, 0.15) is 0 Å². The Morgan fingerprint density at radius 3 is 2.63 bits per heavy atom. The van der Waals surface area contributed by atoms with Crippen LogP contribution in [0.5, 0.6) is 0 Å². The summed E-state index contributed by atoms with van der Waals surface area (Å²) in [4.78, 5) is 0. The van der Waals surface area contributed by atoms with Crippen LogP contribution in [0.3, 0.4) is 0 Å². The quantitative estimate of drug-likeness (QED) is 0.586. The van der Waals surface area contributed by atoms with E-state index < -0.39 is 5.79 Å². The SMILES string of the molecule is C=C(CCC)CC1O[C@@H](C)[C@@H]2O[C@@]3(C)CC[C@H]4[C@H](C)CCC([C@H]1C)[C@]42CO3. The topological polar surface area (TPSA) is 27.7 Å². The summed E-state index contributed by atoms with van der Waals surface area (Å²) in [6.45, 7) is 16.7. The number of fused-ring (bicyclic) bond motifs is 2. The van der Waals surface area contributed by atoms with Crippen LogP contribution in [0.2, 0.25) is 0 Å². The lowest BCUT2D eigenvalue weighted by atomic mass is 9.50. The molecule has 0 aromatic rings. The molecule has 9 atom stereocenters. The summed E-state index contributed by atoms with van der Waals surface area (Å²) in [5, 5.41) is 0. The van der Waals surface area contributed by atoms with Gasteiger partial charge in [0.2, 0.25) is 0 Å². The van der Waals surface area contributed by atoms with Gasteiger partial charge < -0.3 is 14.2 Å². The molecule has 1 spiro atoms. The third-order valence-electron chi connectivity index (χ3n) is 8.57. The summed E-state index contributed by atoms with van der Waals surface area (Å²) in [6, 6.07) is 0. The maximum absolute atomic E-state index is 6.76. The molecule has 27 heavy (non-hydrogen) atoms. The van der Waals surface area contributed by atoms with E-state index in [0.717, 1.165) is 31.8 Å². The van der Waals surface area contributed by atoms with Gasteiger partial charge in [-0.1, -0.05) is 45.8 Å². The van der Waals surface area contributed by atoms with Crippen LogP contribution < -0.4 is 0 Å². The number of ether oxygens (including phenoxy) is 3. The predicted molar refractivity (Wildman–Crippen MR) is 108 cm³/mol. The molecule has 1 saturated carbocycles. The first-order valence-electron chi connectivity index (χ1n) is 11.4. The smallest absolute Gasteiger partial charge is 0.166 e. The molecule has 0 radical (unpaired) electrons. The van der Waals surface area contributed by atoms with Crippen molar-refractivity contribution in [1.29, 1.82) is 0 Å². The van der Waals surface area contributed by atoms with E-state index in [1.54, 1.807) is 0 Å². The average Bonchev–Trinajstić information content (AvgIpc) is 2.89. The minimum absolute atomic E-state index is 0.117. The second-order valence-corrected chi connectivity index (χ2v) is 10.3. The number of hydrogen-bond acceptors (Lipinski definition) is 3. The molecular weight excluding hydrogens is 336 g/mol. The van der Waals surface area contributed by atoms with Crippen molar-refractivity contribution in [3.05, 3.63) is 12.2 Å². The van der Waals surface area contributed by atoms with Crippen LogP contribution >= 0.6 is 0 Å². The van der Waals surface area contributed by atoms with E-state index in [1.807, 2.05) is 0 Å². The van der Waals surface area contributed by atoms with Crippen molar-refractivity contribution in [3.63, 3.8) is 0 Å². The van der Waals surface area contributed by atoms with Gasteiger partial charge in [-0.15, -0.1) is 0 Å². The molecule has 154 valence electrons. The summed E-state index contributed by atoms with van der Waals surface area (Å²) < 4.78 is 20.0. The highest BCUT2D eigenvalue weighted by molar-refractivity contribution is 5.12. The van der Waals surface area contributed by atoms with Crippen molar-refractivity contribution in [3.8, 4) is 0 Å². The first kappa shape index (κ1) is 19.9. The van der Waals surface area contributed by atoms with Crippen LogP contribution in [-0.2, 0) is 14.2 Å². The third-order valence-corrected chi connectivity index (χ3v) is 8.57. The number of rotatable bonds is 4. The summed E-state index contributed by atoms with van der Waals surface area (Å²) in [5.41, 5.74) is 1.46. The molecule has 1 aliphatic carbocycles. The molecule has 2 unspecified atom stereocenters. The molecule has 4 heterocycles. The van der Waals surface area contributed by atoms with Gasteiger partial charge in [-0.25, -0.2) is 0 Å². The molecule has 0 amide bonds. The molecule has 5 rings (SSSR count). The van der Waals surface area contributed by atoms with Crippen molar-refractivity contribution in [2.75, 3.05) is 6.61 Å². The van der Waals surface area contributed by atoms with Crippen molar-refractivity contribution < 1.29 is 14.2 Å². The Morgan fingerprint density at radius 1 is 1.11 bits per heavy atom. The van der Waals surface area contributed by atoms with Crippen molar-refractivity contribution in [1.82, 2.24) is 0 Å². The largest absolute Gasteiger partial charge is 0.372 e. The van der Waals surface area contributed by atoms with Gasteiger partial charge in [-0.05, 0) is 63.2 Å². The Labute approximate surface area is 166 Å². The molecule has 4 aliphatic heterocycles. The molecule has 4 saturated heterocycles. The minimum atomic E-state index is -0.427. The van der Waals surface area contributed by atoms with Gasteiger partial charge in [-0.2, -0.15) is 0 Å². The lowest BCUT2D eigenvalue weighted by Gasteiger charge is -2.58. The van der Waals surface area contributed by atoms with Crippen molar-refractivity contribution >= 4 is 0 Å². The lowest BCUT2D eigenvalue weighted by Crippen LogP contribution is -2.62. The molecule has 5 aliphatic rings. The van der Waals surface area contributed by atoms with Gasteiger partial charge in [0.15, 0.2) is 5.79 Å². The Morgan fingerprint density at radius 2 is 1.89 bits per heavy atom. The van der Waals surface area contributed by atoms with Crippen LogP contribution in [0.1, 0.15) is 79.6 Å². The number of hydrogen-bond donors (Lipinski definition) is 0. The normalized spacial score (nSPS) is 52.0. The highest BCUT2D eigenvalue weighted by Crippen LogP contribution is 2.63. The summed E-state index contributed by atoms with van der Waals surface area (Å²) >= 11 is 0. The Kier molecular flexibility index (Phi) is 5.27. The molecule has 0 aromatic heterocycles. The molecule has 2 bridgehead atoms. The zero-order valence-electron chi connectivity index (χ0n) is 18.1. The van der Waals surface area contributed by atoms with Gasteiger partial charge in [0.05, 0.1) is 24.9 Å². The lowest BCUT2D eigenvalue weighted by molar-refractivity contribution is -0.346. The van der Waals surface area contributed by atoms with E-state index in [4.69, 9.17) is 14.2 Å². The fraction of sp³-hybridized carbons (Fsp3) is 0.917. The fourth-order valence-electron chi connectivity index (χ4n) is 7.22. The maximum Gasteiger partial charge on any atom is 0.166 e. The Hall–Kier alpha value is -0.380. The van der Waals surface area contributed by atoms with Crippen molar-refractivity contribution in [2.45, 2.75) is 104 Å². The predicted octanol–water partition coefficient (Wildman–Crippen LogP) is 5.73. The van der Waals surface area contributed by atoms with Crippen LogP contribution in [0.4, 0.5) is 0 Å². The van der Waals surface area contributed by atoms with E-state index >= 15 is 0 Å². The molecule has 3 heteroatoms. The highest BCUT2D eigenvalue weighted by Gasteiger charge is 2.66. The van der Waals surface area contributed by atoms with E-state index in [0.29, 0.717) is 17.8 Å². The second-order valence-electron chi connectivity index (χ2n) is 10.3. The third kappa shape index (κ3) is 3.13. The fourth-order valence-corrected chi connectivity index (χ4v) is 7.22. The van der Waals surface area contributed by atoms with Crippen LogP contribution in [0, 0.1) is 29.1 Å². The Bertz CT molecular complexity index is 574. The van der Waals surface area contributed by atoms with E-state index in [-0.39, 0.29) is 23.7 Å². The zero-order valence-corrected chi connectivity index (χ0v) is 18.1. The molecule has 0 aromatic carbocycles. The van der Waals surface area contributed by atoms with E-state index in [2.05, 4.69) is 41.2 Å². The van der Waals surface area contributed by atoms with Crippen molar-refractivity contribution in [2.24, 2.45) is 29.1 Å². The van der Waals surface area contributed by atoms with Gasteiger partial charge in [-0.3, -0.25) is 0 Å². The monoisotopic (exact) mass is 376 g/mol. The first-order valence-corrected chi connectivity index (χ1v) is 11.4. The van der Waals surface area contributed by atoms with Crippen LogP contribution in [0.25, 0.3) is 0 Å². The minimum Gasteiger partial charge on any atom is -0.372 e. The van der Waals surface area contributed by atoms with Gasteiger partial charge >= 0.3 is 0 Å². The standard InChI is InChI=1S/C24H40O3/c1-7-8-15(2)13-21-17(4)20-10-9-16(3)19-11-12-23(6)25-14-24(19,20)22(27-23)18(5)26-21/h16-22H,2,7-14H2,1,3-6H3/t16-,17-,18+,19+,20?,21?,22+,23+,24+/m1/s1. The average molecular weight is 377 g/mol. The Balaban J connectivity index is 1.72. The summed E-state index contributed by atoms with van der Waals surface area (Å²) in [7, 11) is 0. The highest BCUT2D eigenvalue weighted by atomic mass is 16.7. The van der Waals surface area contributed by atoms with Crippen LogP contribution in [-0.4, -0.2) is 30.7 Å². The maximum atomic E-state index is 6.76. The molecule has 5 fully saturated rings. The van der Waals surface area contributed by atoms with Crippen LogP contribution in [0.15, 0.2) is 12.2 Å². The first-order chi connectivity index (χ1) is 12.8. The van der Waals surface area contributed by atoms with E-state index in [1.165, 1.54) is 31.3 Å². The molecule has 3 nitrogen and oxygen atoms in total. The summed E-state index contributed by atoms with van der Waals surface area (Å²) in [6.07, 6.45) is 8.68. The zero-order chi connectivity index (χ0) is 19.4.